The van der Waals surface area contributed by atoms with E-state index in [2.05, 4.69) is 26.9 Å². The number of carbonyl (C=O) groups excluding carboxylic acids is 1. The SMILES string of the molecule is O=C(CCCc1c[nH]c2ccccc12)NC(=S)N/N=C/c1ccco1. The van der Waals surface area contributed by atoms with Crippen molar-refractivity contribution in [3.8, 4) is 0 Å². The second-order valence-corrected chi connectivity index (χ2v) is 5.88. The molecule has 0 radical (unpaired) electrons. The van der Waals surface area contributed by atoms with Gasteiger partial charge >= 0.3 is 0 Å². The van der Waals surface area contributed by atoms with Crippen LogP contribution in [0.3, 0.4) is 0 Å². The summed E-state index contributed by atoms with van der Waals surface area (Å²) in [5.74, 6) is 0.464. The van der Waals surface area contributed by atoms with E-state index in [1.165, 1.54) is 17.2 Å². The Bertz CT molecular complexity index is 884. The first-order valence-corrected chi connectivity index (χ1v) is 8.34. The number of para-hydroxylation sites is 1. The highest BCUT2D eigenvalue weighted by atomic mass is 32.1. The smallest absolute Gasteiger partial charge is 0.226 e. The number of nitrogens with one attached hydrogen (secondary N) is 3. The Hall–Kier alpha value is -2.93. The van der Waals surface area contributed by atoms with Crippen LogP contribution >= 0.6 is 12.2 Å². The van der Waals surface area contributed by atoms with Crippen LogP contribution < -0.4 is 10.7 Å². The van der Waals surface area contributed by atoms with Crippen molar-refractivity contribution in [1.82, 2.24) is 15.7 Å². The van der Waals surface area contributed by atoms with Crippen LogP contribution in [0.2, 0.25) is 0 Å². The number of hydrogen-bond donors (Lipinski definition) is 3. The number of benzene rings is 1. The van der Waals surface area contributed by atoms with Crippen LogP contribution in [-0.2, 0) is 11.2 Å². The van der Waals surface area contributed by atoms with Crippen molar-refractivity contribution >= 4 is 40.4 Å². The molecule has 25 heavy (non-hydrogen) atoms. The predicted molar refractivity (Wildman–Crippen MR) is 101 cm³/mol. The Kier molecular flexibility index (Phi) is 5.58. The highest BCUT2D eigenvalue weighted by molar-refractivity contribution is 7.80. The molecular weight excluding hydrogens is 336 g/mol. The molecular formula is C18H18N4O2S. The number of nitrogens with zero attached hydrogens (tertiary/aromatic N) is 1. The second-order valence-electron chi connectivity index (χ2n) is 5.48. The molecule has 3 aromatic rings. The summed E-state index contributed by atoms with van der Waals surface area (Å²) in [6, 6.07) is 11.7. The number of carbonyl (C=O) groups is 1. The van der Waals surface area contributed by atoms with Gasteiger partial charge in [0.25, 0.3) is 0 Å². The summed E-state index contributed by atoms with van der Waals surface area (Å²) in [6.45, 7) is 0. The highest BCUT2D eigenvalue weighted by Gasteiger charge is 2.06. The van der Waals surface area contributed by atoms with E-state index in [1.54, 1.807) is 18.4 Å². The molecule has 0 aliphatic rings. The Morgan fingerprint density at radius 3 is 3.00 bits per heavy atom. The van der Waals surface area contributed by atoms with Crippen molar-refractivity contribution in [1.29, 1.82) is 0 Å². The van der Waals surface area contributed by atoms with Gasteiger partial charge < -0.3 is 14.7 Å². The molecule has 0 spiro atoms. The summed E-state index contributed by atoms with van der Waals surface area (Å²) in [7, 11) is 0. The molecule has 6 nitrogen and oxygen atoms in total. The van der Waals surface area contributed by atoms with Gasteiger partial charge in [-0.2, -0.15) is 5.10 Å². The normalized spacial score (nSPS) is 11.0. The van der Waals surface area contributed by atoms with Gasteiger partial charge in [-0.25, -0.2) is 0 Å². The molecule has 0 saturated carbocycles. The standard InChI is InChI=1S/C18H18N4O2S/c23-17(21-18(25)22-20-12-14-6-4-10-24-14)9-3-5-13-11-19-16-8-2-1-7-15(13)16/h1-2,4,6-8,10-12,19H,3,5,9H2,(H2,21,22,23,25)/b20-12+. The van der Waals surface area contributed by atoms with Gasteiger partial charge in [-0.3, -0.25) is 10.2 Å². The maximum absolute atomic E-state index is 11.9. The number of thiocarbonyl (C=S) groups is 1. The lowest BCUT2D eigenvalue weighted by molar-refractivity contribution is -0.119. The average Bonchev–Trinajstić information content (AvgIpc) is 3.25. The van der Waals surface area contributed by atoms with E-state index in [1.807, 2.05) is 24.4 Å². The van der Waals surface area contributed by atoms with E-state index in [-0.39, 0.29) is 11.0 Å². The summed E-state index contributed by atoms with van der Waals surface area (Å²) < 4.78 is 5.09. The molecule has 7 heteroatoms. The number of furan rings is 1. The zero-order valence-electron chi connectivity index (χ0n) is 13.5. The molecule has 0 aliphatic heterocycles. The fourth-order valence-corrected chi connectivity index (χ4v) is 2.68. The number of rotatable bonds is 6. The quantitative estimate of drug-likeness (QED) is 0.361. The molecule has 1 aromatic carbocycles. The Morgan fingerprint density at radius 1 is 1.28 bits per heavy atom. The van der Waals surface area contributed by atoms with Gasteiger partial charge in [0.15, 0.2) is 5.11 Å². The molecule has 0 unspecified atom stereocenters. The van der Waals surface area contributed by atoms with Crippen molar-refractivity contribution in [2.45, 2.75) is 19.3 Å². The predicted octanol–water partition coefficient (Wildman–Crippen LogP) is 3.11. The van der Waals surface area contributed by atoms with Crippen molar-refractivity contribution < 1.29 is 9.21 Å². The van der Waals surface area contributed by atoms with Crippen molar-refractivity contribution in [2.75, 3.05) is 0 Å². The van der Waals surface area contributed by atoms with Gasteiger partial charge in [-0.05, 0) is 48.8 Å². The van der Waals surface area contributed by atoms with Crippen molar-refractivity contribution in [3.05, 3.63) is 60.2 Å². The number of amides is 1. The largest absolute Gasteiger partial charge is 0.463 e. The first kappa shape index (κ1) is 16.9. The monoisotopic (exact) mass is 354 g/mol. The molecule has 128 valence electrons. The molecule has 1 amide bonds. The number of fused-ring (bicyclic) bond motifs is 1. The van der Waals surface area contributed by atoms with Crippen LogP contribution in [-0.4, -0.2) is 22.2 Å². The average molecular weight is 354 g/mol. The van der Waals surface area contributed by atoms with E-state index < -0.39 is 0 Å². The molecule has 3 N–H and O–H groups in total. The summed E-state index contributed by atoms with van der Waals surface area (Å²) in [5, 5.41) is 7.87. The number of H-pyrrole nitrogens is 1. The lowest BCUT2D eigenvalue weighted by Gasteiger charge is -2.05. The number of aromatic amines is 1. The Balaban J connectivity index is 1.39. The third kappa shape index (κ3) is 4.77. The second kappa shape index (κ2) is 8.25. The zero-order valence-corrected chi connectivity index (χ0v) is 14.3. The number of aromatic nitrogens is 1. The van der Waals surface area contributed by atoms with Gasteiger partial charge in [0.05, 0.1) is 12.5 Å². The maximum Gasteiger partial charge on any atom is 0.226 e. The lowest BCUT2D eigenvalue weighted by atomic mass is 10.1. The highest BCUT2D eigenvalue weighted by Crippen LogP contribution is 2.19. The van der Waals surface area contributed by atoms with Crippen molar-refractivity contribution in [2.24, 2.45) is 5.10 Å². The third-order valence-corrected chi connectivity index (χ3v) is 3.87. The minimum absolute atomic E-state index is 0.134. The summed E-state index contributed by atoms with van der Waals surface area (Å²) >= 11 is 5.03. The summed E-state index contributed by atoms with van der Waals surface area (Å²) in [5.41, 5.74) is 4.91. The van der Waals surface area contributed by atoms with E-state index in [0.29, 0.717) is 12.2 Å². The molecule has 0 fully saturated rings. The summed E-state index contributed by atoms with van der Waals surface area (Å²) in [6.07, 6.45) is 6.99. The van der Waals surface area contributed by atoms with Gasteiger partial charge in [-0.15, -0.1) is 0 Å². The van der Waals surface area contributed by atoms with Gasteiger partial charge in [0.2, 0.25) is 5.91 Å². The van der Waals surface area contributed by atoms with Crippen LogP contribution in [0.25, 0.3) is 10.9 Å². The first-order valence-electron chi connectivity index (χ1n) is 7.94. The number of hydrogen-bond acceptors (Lipinski definition) is 4. The van der Waals surface area contributed by atoms with E-state index in [9.17, 15) is 4.79 Å². The molecule has 2 heterocycles. The first-order chi connectivity index (χ1) is 12.2. The molecule has 3 rings (SSSR count). The van der Waals surface area contributed by atoms with Crippen molar-refractivity contribution in [3.63, 3.8) is 0 Å². The number of aryl methyl sites for hydroxylation is 1. The van der Waals surface area contributed by atoms with Gasteiger partial charge in [-0.1, -0.05) is 18.2 Å². The topological polar surface area (TPSA) is 82.4 Å². The van der Waals surface area contributed by atoms with Crippen LogP contribution in [0.15, 0.2) is 58.4 Å². The van der Waals surface area contributed by atoms with Crippen LogP contribution in [0, 0.1) is 0 Å². The van der Waals surface area contributed by atoms with Crippen LogP contribution in [0.4, 0.5) is 0 Å². The minimum Gasteiger partial charge on any atom is -0.463 e. The number of hydrazone groups is 1. The maximum atomic E-state index is 11.9. The Morgan fingerprint density at radius 2 is 2.16 bits per heavy atom. The van der Waals surface area contributed by atoms with Gasteiger partial charge in [0, 0.05) is 23.5 Å². The van der Waals surface area contributed by atoms with Gasteiger partial charge in [0.1, 0.15) is 5.76 Å². The molecule has 0 atom stereocenters. The van der Waals surface area contributed by atoms with E-state index in [0.717, 1.165) is 18.4 Å². The van der Waals surface area contributed by atoms with E-state index in [4.69, 9.17) is 16.6 Å². The van der Waals surface area contributed by atoms with Crippen LogP contribution in [0.5, 0.6) is 0 Å². The fourth-order valence-electron chi connectivity index (χ4n) is 2.51. The molecule has 0 aliphatic carbocycles. The van der Waals surface area contributed by atoms with E-state index >= 15 is 0 Å². The Labute approximate surface area is 150 Å². The zero-order chi connectivity index (χ0) is 17.5. The molecule has 0 bridgehead atoms. The fraction of sp³-hybridized carbons (Fsp3) is 0.167. The lowest BCUT2D eigenvalue weighted by Crippen LogP contribution is -2.36. The van der Waals surface area contributed by atoms with Crippen LogP contribution in [0.1, 0.15) is 24.2 Å². The summed E-state index contributed by atoms with van der Waals surface area (Å²) in [4.78, 5) is 15.2. The third-order valence-electron chi connectivity index (χ3n) is 3.68. The molecule has 0 saturated heterocycles. The minimum atomic E-state index is -0.134. The molecule has 2 aromatic heterocycles.